The lowest BCUT2D eigenvalue weighted by Crippen LogP contribution is -2.39. The van der Waals surface area contributed by atoms with Crippen LogP contribution in [0.5, 0.6) is 5.88 Å². The molecule has 8 heteroatoms. The molecule has 2 aromatic rings. The second kappa shape index (κ2) is 10.8. The van der Waals surface area contributed by atoms with Crippen molar-refractivity contribution in [3.63, 3.8) is 0 Å². The number of rotatable bonds is 9. The summed E-state index contributed by atoms with van der Waals surface area (Å²) in [5.74, 6) is 2.31. The van der Waals surface area contributed by atoms with Gasteiger partial charge in [-0.25, -0.2) is 19.4 Å². The summed E-state index contributed by atoms with van der Waals surface area (Å²) in [5.41, 5.74) is 1.49. The molecule has 0 radical (unpaired) electrons. The Hall–Kier alpha value is -2.64. The van der Waals surface area contributed by atoms with Crippen LogP contribution in [0.1, 0.15) is 78.1 Å². The average molecular weight is 444 g/mol. The van der Waals surface area contributed by atoms with Gasteiger partial charge in [0, 0.05) is 29.8 Å². The van der Waals surface area contributed by atoms with Crippen molar-refractivity contribution >= 4 is 6.09 Å². The predicted molar refractivity (Wildman–Crippen MR) is 124 cm³/mol. The minimum atomic E-state index is -0.537. The molecule has 3 rings (SSSR count). The van der Waals surface area contributed by atoms with Crippen LogP contribution in [0.2, 0.25) is 0 Å². The van der Waals surface area contributed by atoms with E-state index in [2.05, 4.69) is 23.3 Å². The molecular formula is C24H37N5O3. The number of carbonyl (C=O) groups excluding carboxylic acids is 1. The zero-order valence-electron chi connectivity index (χ0n) is 20.1. The Morgan fingerprint density at radius 2 is 2.12 bits per heavy atom. The van der Waals surface area contributed by atoms with Gasteiger partial charge in [0.15, 0.2) is 11.6 Å². The third-order valence-corrected chi connectivity index (χ3v) is 5.19. The van der Waals surface area contributed by atoms with Crippen LogP contribution in [0.25, 0.3) is 11.4 Å². The number of amides is 1. The van der Waals surface area contributed by atoms with E-state index in [4.69, 9.17) is 19.6 Å². The van der Waals surface area contributed by atoms with Gasteiger partial charge < -0.3 is 14.8 Å². The summed E-state index contributed by atoms with van der Waals surface area (Å²) in [6.45, 7) is 10.9. The third-order valence-electron chi connectivity index (χ3n) is 5.19. The van der Waals surface area contributed by atoms with Crippen LogP contribution in [-0.4, -0.2) is 44.1 Å². The number of hydrogen-bond donors (Lipinski definition) is 1. The highest BCUT2D eigenvalue weighted by Gasteiger charge is 2.21. The smallest absolute Gasteiger partial charge is 0.407 e. The molecule has 0 aromatic carbocycles. The predicted octanol–water partition coefficient (Wildman–Crippen LogP) is 4.70. The monoisotopic (exact) mass is 443 g/mol. The van der Waals surface area contributed by atoms with Crippen LogP contribution in [-0.2, 0) is 24.1 Å². The summed E-state index contributed by atoms with van der Waals surface area (Å²) < 4.78 is 12.9. The molecular weight excluding hydrogens is 406 g/mol. The van der Waals surface area contributed by atoms with Gasteiger partial charge in [-0.05, 0) is 53.0 Å². The fourth-order valence-corrected chi connectivity index (χ4v) is 3.72. The minimum Gasteiger partial charge on any atom is -0.477 e. The van der Waals surface area contributed by atoms with Gasteiger partial charge in [0.25, 0.3) is 0 Å². The van der Waals surface area contributed by atoms with Gasteiger partial charge in [0.1, 0.15) is 5.60 Å². The number of nitrogens with one attached hydrogen (secondary N) is 1. The molecule has 1 amide bonds. The molecule has 3 heterocycles. The van der Waals surface area contributed by atoms with Crippen molar-refractivity contribution in [2.75, 3.05) is 6.61 Å². The van der Waals surface area contributed by atoms with Crippen molar-refractivity contribution in [2.24, 2.45) is 0 Å². The highest BCUT2D eigenvalue weighted by atomic mass is 16.6. The van der Waals surface area contributed by atoms with Gasteiger partial charge >= 0.3 is 6.09 Å². The van der Waals surface area contributed by atoms with Crippen LogP contribution < -0.4 is 10.1 Å². The molecule has 0 spiro atoms. The largest absolute Gasteiger partial charge is 0.477 e. The van der Waals surface area contributed by atoms with E-state index in [-0.39, 0.29) is 6.04 Å². The number of aromatic nitrogens is 4. The third kappa shape index (κ3) is 6.93. The van der Waals surface area contributed by atoms with Crippen molar-refractivity contribution in [1.82, 2.24) is 25.1 Å². The van der Waals surface area contributed by atoms with E-state index >= 15 is 0 Å². The molecule has 8 nitrogen and oxygen atoms in total. The first-order chi connectivity index (χ1) is 15.2. The second-order valence-electron chi connectivity index (χ2n) is 9.53. The molecule has 176 valence electrons. The average Bonchev–Trinajstić information content (AvgIpc) is 3.11. The molecule has 32 heavy (non-hydrogen) atoms. The highest BCUT2D eigenvalue weighted by molar-refractivity contribution is 5.68. The van der Waals surface area contributed by atoms with E-state index in [1.807, 2.05) is 32.4 Å². The lowest BCUT2D eigenvalue weighted by Gasteiger charge is -2.22. The highest BCUT2D eigenvalue weighted by Crippen LogP contribution is 2.27. The molecule has 1 atom stereocenters. The van der Waals surface area contributed by atoms with Gasteiger partial charge in [-0.3, -0.25) is 0 Å². The number of nitrogens with zero attached hydrogens (tertiary/aromatic N) is 4. The maximum atomic E-state index is 12.2. The standard InChI is InChI=1S/C24H37N5O3/c1-6-7-8-9-12-20-27-21(19-14-18-11-10-13-31-22(18)25-15-19)29(28-20)16-17(2)26-23(30)32-24(3,4)5/h14-15,17H,6-13,16H2,1-5H3,(H,26,30). The van der Waals surface area contributed by atoms with E-state index in [9.17, 15) is 4.79 Å². The van der Waals surface area contributed by atoms with Gasteiger partial charge in [0.05, 0.1) is 13.2 Å². The number of hydrogen-bond acceptors (Lipinski definition) is 6. The van der Waals surface area contributed by atoms with Crippen LogP contribution in [0, 0.1) is 0 Å². The Morgan fingerprint density at radius 3 is 2.88 bits per heavy atom. The first-order valence-electron chi connectivity index (χ1n) is 11.8. The fourth-order valence-electron chi connectivity index (χ4n) is 3.72. The molecule has 0 saturated heterocycles. The number of fused-ring (bicyclic) bond motifs is 1. The van der Waals surface area contributed by atoms with E-state index in [0.29, 0.717) is 19.0 Å². The first-order valence-corrected chi connectivity index (χ1v) is 11.8. The number of unbranched alkanes of at least 4 members (excludes halogenated alkanes) is 3. The van der Waals surface area contributed by atoms with Crippen molar-refractivity contribution in [2.45, 2.75) is 97.8 Å². The van der Waals surface area contributed by atoms with Crippen molar-refractivity contribution in [3.8, 4) is 17.3 Å². The summed E-state index contributed by atoms with van der Waals surface area (Å²) in [4.78, 5) is 21.5. The quantitative estimate of drug-likeness (QED) is 0.565. The second-order valence-corrected chi connectivity index (χ2v) is 9.53. The van der Waals surface area contributed by atoms with Gasteiger partial charge in [0.2, 0.25) is 5.88 Å². The molecule has 1 N–H and O–H groups in total. The zero-order chi connectivity index (χ0) is 23.1. The summed E-state index contributed by atoms with van der Waals surface area (Å²) in [5, 5.41) is 7.67. The number of alkyl carbamates (subject to hydrolysis) is 1. The molecule has 1 unspecified atom stereocenters. The number of carbonyl (C=O) groups is 1. The van der Waals surface area contributed by atoms with Crippen molar-refractivity contribution in [1.29, 1.82) is 0 Å². The Kier molecular flexibility index (Phi) is 8.10. The van der Waals surface area contributed by atoms with E-state index in [1.165, 1.54) is 19.3 Å². The van der Waals surface area contributed by atoms with Gasteiger partial charge in [-0.15, -0.1) is 0 Å². The van der Waals surface area contributed by atoms with Crippen LogP contribution >= 0.6 is 0 Å². The number of pyridine rings is 1. The summed E-state index contributed by atoms with van der Waals surface area (Å²) in [6, 6.07) is 1.93. The summed E-state index contributed by atoms with van der Waals surface area (Å²) in [7, 11) is 0. The maximum absolute atomic E-state index is 12.2. The zero-order valence-corrected chi connectivity index (χ0v) is 20.1. The van der Waals surface area contributed by atoms with E-state index < -0.39 is 11.7 Å². The lowest BCUT2D eigenvalue weighted by atomic mass is 10.1. The fraction of sp³-hybridized carbons (Fsp3) is 0.667. The molecule has 0 fully saturated rings. The summed E-state index contributed by atoms with van der Waals surface area (Å²) >= 11 is 0. The normalized spacial score (nSPS) is 14.4. The Labute approximate surface area is 191 Å². The van der Waals surface area contributed by atoms with Crippen LogP contribution in [0.4, 0.5) is 4.79 Å². The van der Waals surface area contributed by atoms with Crippen molar-refractivity contribution < 1.29 is 14.3 Å². The summed E-state index contributed by atoms with van der Waals surface area (Å²) in [6.07, 6.45) is 8.82. The van der Waals surface area contributed by atoms with Gasteiger partial charge in [-0.2, -0.15) is 5.10 Å². The van der Waals surface area contributed by atoms with Crippen LogP contribution in [0.15, 0.2) is 12.3 Å². The molecule has 1 aliphatic heterocycles. The Morgan fingerprint density at radius 1 is 1.31 bits per heavy atom. The number of ether oxygens (including phenoxy) is 2. The molecule has 0 saturated carbocycles. The number of aryl methyl sites for hydroxylation is 2. The SMILES string of the molecule is CCCCCCc1nc(-c2cnc3c(c2)CCCO3)n(CC(C)NC(=O)OC(C)(C)C)n1. The van der Waals surface area contributed by atoms with E-state index in [1.54, 1.807) is 6.20 Å². The van der Waals surface area contributed by atoms with Crippen molar-refractivity contribution in [3.05, 3.63) is 23.7 Å². The van der Waals surface area contributed by atoms with Gasteiger partial charge in [-0.1, -0.05) is 26.2 Å². The van der Waals surface area contributed by atoms with Crippen LogP contribution in [0.3, 0.4) is 0 Å². The maximum Gasteiger partial charge on any atom is 0.407 e. The Bertz CT molecular complexity index is 904. The molecule has 2 aromatic heterocycles. The van der Waals surface area contributed by atoms with E-state index in [0.717, 1.165) is 48.5 Å². The first kappa shape index (κ1) is 24.0. The molecule has 0 bridgehead atoms. The topological polar surface area (TPSA) is 91.2 Å². The molecule has 1 aliphatic rings. The minimum absolute atomic E-state index is 0.174. The Balaban J connectivity index is 1.78. The molecule has 0 aliphatic carbocycles. The lowest BCUT2D eigenvalue weighted by molar-refractivity contribution is 0.0503.